The van der Waals surface area contributed by atoms with Gasteiger partial charge in [0.05, 0.1) is 22.7 Å². The molecule has 2 heterocycles. The number of pyridine rings is 1. The zero-order valence-corrected chi connectivity index (χ0v) is 24.5. The van der Waals surface area contributed by atoms with Gasteiger partial charge in [0.15, 0.2) is 0 Å². The van der Waals surface area contributed by atoms with E-state index in [1.165, 1.54) is 5.01 Å². The van der Waals surface area contributed by atoms with Crippen LogP contribution in [0.1, 0.15) is 71.7 Å². The molecular weight excluding hydrogens is 526 g/mol. The molecule has 1 aromatic carbocycles. The monoisotopic (exact) mass is 567 g/mol. The van der Waals surface area contributed by atoms with Gasteiger partial charge in [0, 0.05) is 11.9 Å². The number of benzene rings is 1. The molecule has 0 bridgehead atoms. The van der Waals surface area contributed by atoms with Crippen molar-refractivity contribution in [2.45, 2.75) is 78.6 Å². The van der Waals surface area contributed by atoms with Crippen molar-refractivity contribution in [3.63, 3.8) is 0 Å². The molecule has 1 aliphatic rings. The quantitative estimate of drug-likeness (QED) is 0.293. The fourth-order valence-corrected chi connectivity index (χ4v) is 4.29. The molecule has 1 fully saturated rings. The van der Waals surface area contributed by atoms with Crippen molar-refractivity contribution in [1.82, 2.24) is 26.1 Å². The summed E-state index contributed by atoms with van der Waals surface area (Å²) in [5.41, 5.74) is 4.15. The molecular formula is C30H41N5O6. The summed E-state index contributed by atoms with van der Waals surface area (Å²) in [4.78, 5) is 54.3. The summed E-state index contributed by atoms with van der Waals surface area (Å²) in [7, 11) is 0. The van der Waals surface area contributed by atoms with Gasteiger partial charge >= 0.3 is 5.97 Å². The molecule has 0 saturated carbocycles. The molecule has 0 aliphatic carbocycles. The molecule has 0 radical (unpaired) electrons. The average molecular weight is 568 g/mol. The van der Waals surface area contributed by atoms with Crippen LogP contribution in [0.15, 0.2) is 36.4 Å². The third-order valence-electron chi connectivity index (χ3n) is 7.18. The smallest absolute Gasteiger partial charge is 0.312 e. The van der Waals surface area contributed by atoms with Gasteiger partial charge in [-0.2, -0.15) is 0 Å². The minimum absolute atomic E-state index is 0.281. The Kier molecular flexibility index (Phi) is 10.2. The highest BCUT2D eigenvalue weighted by Crippen LogP contribution is 2.22. The summed E-state index contributed by atoms with van der Waals surface area (Å²) >= 11 is 0. The maximum absolute atomic E-state index is 13.1. The Morgan fingerprint density at radius 1 is 1.10 bits per heavy atom. The molecule has 11 heteroatoms. The van der Waals surface area contributed by atoms with Crippen molar-refractivity contribution in [3.8, 4) is 0 Å². The molecule has 1 aromatic heterocycles. The summed E-state index contributed by atoms with van der Waals surface area (Å²) < 4.78 is 0. The normalized spacial score (nSPS) is 18.2. The molecule has 3 rings (SSSR count). The van der Waals surface area contributed by atoms with Crippen LogP contribution in [0.4, 0.5) is 0 Å². The van der Waals surface area contributed by atoms with E-state index in [1.807, 2.05) is 37.3 Å². The summed E-state index contributed by atoms with van der Waals surface area (Å²) in [6.45, 7) is 10.4. The Balaban J connectivity index is 1.64. The third kappa shape index (κ3) is 8.11. The van der Waals surface area contributed by atoms with Crippen LogP contribution in [0, 0.1) is 11.3 Å². The number of carbonyl (C=O) groups excluding carboxylic acids is 3. The van der Waals surface area contributed by atoms with E-state index in [0.717, 1.165) is 10.9 Å². The number of nitrogens with zero attached hydrogens (tertiary/aromatic N) is 2. The molecule has 222 valence electrons. The number of carboxylic acid groups (broad SMARTS) is 1. The van der Waals surface area contributed by atoms with Crippen molar-refractivity contribution < 1.29 is 29.4 Å². The van der Waals surface area contributed by atoms with Crippen LogP contribution in [-0.4, -0.2) is 68.6 Å². The topological polar surface area (TPSA) is 161 Å². The number of carbonyl (C=O) groups is 4. The molecule has 4 atom stereocenters. The number of hydrazine groups is 1. The van der Waals surface area contributed by atoms with E-state index < -0.39 is 47.4 Å². The molecule has 1 aliphatic heterocycles. The van der Waals surface area contributed by atoms with Crippen molar-refractivity contribution in [1.29, 1.82) is 0 Å². The lowest BCUT2D eigenvalue weighted by molar-refractivity contribution is -0.145. The van der Waals surface area contributed by atoms with Gasteiger partial charge in [-0.05, 0) is 64.2 Å². The van der Waals surface area contributed by atoms with Gasteiger partial charge in [-0.15, -0.1) is 0 Å². The molecule has 0 spiro atoms. The molecule has 3 amide bonds. The Morgan fingerprint density at radius 2 is 1.78 bits per heavy atom. The van der Waals surface area contributed by atoms with Gasteiger partial charge in [-0.25, -0.2) is 5.43 Å². The first kappa shape index (κ1) is 31.7. The molecule has 1 saturated heterocycles. The predicted octanol–water partition coefficient (Wildman–Crippen LogP) is 2.55. The number of fused-ring (bicyclic) bond motifs is 1. The summed E-state index contributed by atoms with van der Waals surface area (Å²) in [5.74, 6) is -2.49. The Labute approximate surface area is 240 Å². The van der Waals surface area contributed by atoms with E-state index in [1.54, 1.807) is 46.8 Å². The van der Waals surface area contributed by atoms with Crippen LogP contribution in [0.3, 0.4) is 0 Å². The van der Waals surface area contributed by atoms with Gasteiger partial charge in [0.1, 0.15) is 18.2 Å². The Bertz CT molecular complexity index is 1320. The van der Waals surface area contributed by atoms with E-state index >= 15 is 0 Å². The van der Waals surface area contributed by atoms with Crippen LogP contribution in [0.25, 0.3) is 17.0 Å². The van der Waals surface area contributed by atoms with Gasteiger partial charge < -0.3 is 20.8 Å². The number of nitrogens with one attached hydrogen (secondary N) is 3. The number of aromatic nitrogens is 1. The van der Waals surface area contributed by atoms with Gasteiger partial charge in [0.2, 0.25) is 11.8 Å². The average Bonchev–Trinajstić information content (AvgIpc) is 2.94. The van der Waals surface area contributed by atoms with E-state index in [0.29, 0.717) is 30.6 Å². The second kappa shape index (κ2) is 13.2. The van der Waals surface area contributed by atoms with Crippen molar-refractivity contribution >= 4 is 40.7 Å². The van der Waals surface area contributed by atoms with Crippen LogP contribution in [-0.2, 0) is 19.2 Å². The van der Waals surface area contributed by atoms with Crippen molar-refractivity contribution in [2.75, 3.05) is 6.54 Å². The molecule has 11 nitrogen and oxygen atoms in total. The second-order valence-electron chi connectivity index (χ2n) is 11.5. The fraction of sp³-hybridized carbons (Fsp3) is 0.500. The maximum atomic E-state index is 13.1. The fourth-order valence-electron chi connectivity index (χ4n) is 4.29. The Morgan fingerprint density at radius 3 is 2.44 bits per heavy atom. The maximum Gasteiger partial charge on any atom is 0.312 e. The standard InChI is InChI=1S/C30H41N5O6/c1-17(2)25(36)27(38)32-19(4)28(39)35-15-7-8-23(34-35)26(37)31-18(3)22-12-11-21-10-9-20(16-24(21)33-22)13-14-30(5,6)29(40)41/h9-14,16-19,23,25,34,36H,7-8,15H2,1-6H3,(H,31,37)(H,32,38)(H,40,41). The number of carboxylic acids is 1. The molecule has 5 N–H and O–H groups in total. The lowest BCUT2D eigenvalue weighted by Crippen LogP contribution is -2.61. The number of amides is 3. The van der Waals surface area contributed by atoms with E-state index in [2.05, 4.69) is 16.1 Å². The summed E-state index contributed by atoms with van der Waals surface area (Å²) in [6, 6.07) is 7.50. The number of hydrogen-bond acceptors (Lipinski definition) is 7. The number of hydrogen-bond donors (Lipinski definition) is 5. The highest BCUT2D eigenvalue weighted by atomic mass is 16.4. The number of aliphatic hydroxyl groups is 1. The van der Waals surface area contributed by atoms with Crippen molar-refractivity contribution in [2.24, 2.45) is 11.3 Å². The van der Waals surface area contributed by atoms with Crippen molar-refractivity contribution in [3.05, 3.63) is 47.7 Å². The van der Waals surface area contributed by atoms with Crippen LogP contribution in [0.2, 0.25) is 0 Å². The second-order valence-corrected chi connectivity index (χ2v) is 11.5. The largest absolute Gasteiger partial charge is 0.481 e. The molecule has 4 unspecified atom stereocenters. The summed E-state index contributed by atoms with van der Waals surface area (Å²) in [5, 5.41) is 27.0. The van der Waals surface area contributed by atoms with Crippen LogP contribution < -0.4 is 16.1 Å². The minimum atomic E-state index is -1.21. The predicted molar refractivity (Wildman–Crippen MR) is 155 cm³/mol. The Hall–Kier alpha value is -3.83. The van der Waals surface area contributed by atoms with Crippen LogP contribution >= 0.6 is 0 Å². The number of aliphatic hydroxyl groups excluding tert-OH is 1. The lowest BCUT2D eigenvalue weighted by atomic mass is 9.92. The van der Waals surface area contributed by atoms with Crippen LogP contribution in [0.5, 0.6) is 0 Å². The van der Waals surface area contributed by atoms with E-state index in [-0.39, 0.29) is 11.8 Å². The van der Waals surface area contributed by atoms with E-state index in [4.69, 9.17) is 4.98 Å². The third-order valence-corrected chi connectivity index (χ3v) is 7.18. The lowest BCUT2D eigenvalue weighted by Gasteiger charge is -2.35. The van der Waals surface area contributed by atoms with Gasteiger partial charge in [-0.3, -0.25) is 29.2 Å². The highest BCUT2D eigenvalue weighted by Gasteiger charge is 2.32. The van der Waals surface area contributed by atoms with Gasteiger partial charge in [0.25, 0.3) is 5.91 Å². The SMILES string of the molecule is CC(NC(=O)C(O)C(C)C)C(=O)N1CCCC(C(=O)NC(C)c2ccc3ccc(C=CC(C)(C)C(=O)O)cc3n2)N1. The van der Waals surface area contributed by atoms with Gasteiger partial charge in [-0.1, -0.05) is 44.2 Å². The molecule has 2 aromatic rings. The number of rotatable bonds is 10. The summed E-state index contributed by atoms with van der Waals surface area (Å²) in [6.07, 6.45) is 3.31. The highest BCUT2D eigenvalue weighted by molar-refractivity contribution is 5.89. The first-order valence-electron chi connectivity index (χ1n) is 13.9. The van der Waals surface area contributed by atoms with E-state index in [9.17, 15) is 29.4 Å². The minimum Gasteiger partial charge on any atom is -0.481 e. The zero-order chi connectivity index (χ0) is 30.5. The molecule has 41 heavy (non-hydrogen) atoms. The first-order valence-corrected chi connectivity index (χ1v) is 13.9. The zero-order valence-electron chi connectivity index (χ0n) is 24.5. The first-order chi connectivity index (χ1) is 19.2. The number of aliphatic carboxylic acids is 1.